The number of thiophene rings is 1. The quantitative estimate of drug-likeness (QED) is 0.784. The van der Waals surface area contributed by atoms with Crippen LogP contribution in [0.1, 0.15) is 52.9 Å². The van der Waals surface area contributed by atoms with Crippen LogP contribution < -0.4 is 0 Å². The van der Waals surface area contributed by atoms with Crippen molar-refractivity contribution in [2.75, 3.05) is 26.7 Å². The summed E-state index contributed by atoms with van der Waals surface area (Å²) >= 11 is 1.75. The summed E-state index contributed by atoms with van der Waals surface area (Å²) < 4.78 is 5.64. The van der Waals surface area contributed by atoms with E-state index < -0.39 is 5.60 Å². The van der Waals surface area contributed by atoms with E-state index in [1.54, 1.807) is 23.3 Å². The van der Waals surface area contributed by atoms with E-state index in [1.165, 1.54) is 23.3 Å². The molecule has 1 aromatic heterocycles. The molecule has 24 heavy (non-hydrogen) atoms. The third-order valence-electron chi connectivity index (χ3n) is 5.62. The van der Waals surface area contributed by atoms with Crippen molar-refractivity contribution in [3.8, 4) is 0 Å². The number of aryl methyl sites for hydroxylation is 1. The maximum absolute atomic E-state index is 13.0. The zero-order valence-electron chi connectivity index (χ0n) is 14.2. The first kappa shape index (κ1) is 15.9. The van der Waals surface area contributed by atoms with Crippen molar-refractivity contribution >= 4 is 23.3 Å². The lowest BCUT2D eigenvalue weighted by molar-refractivity contribution is 0.0438. The Morgan fingerprint density at radius 3 is 2.83 bits per heavy atom. The predicted molar refractivity (Wildman–Crippen MR) is 92.6 cm³/mol. The molecule has 0 radical (unpaired) electrons. The van der Waals surface area contributed by atoms with Gasteiger partial charge < -0.3 is 14.5 Å². The highest BCUT2D eigenvalue weighted by Gasteiger charge is 2.44. The maximum Gasteiger partial charge on any atom is 0.410 e. The van der Waals surface area contributed by atoms with E-state index in [0.29, 0.717) is 13.1 Å². The molecule has 0 saturated carbocycles. The fraction of sp³-hybridized carbons (Fsp3) is 0.667. The van der Waals surface area contributed by atoms with Gasteiger partial charge in [0.15, 0.2) is 0 Å². The summed E-state index contributed by atoms with van der Waals surface area (Å²) in [7, 11) is 1.78. The minimum Gasteiger partial charge on any atom is -0.441 e. The number of carbonyl (C=O) groups is 2. The molecule has 1 atom stereocenters. The van der Waals surface area contributed by atoms with Crippen LogP contribution in [0.15, 0.2) is 5.38 Å². The van der Waals surface area contributed by atoms with E-state index in [4.69, 9.17) is 4.74 Å². The summed E-state index contributed by atoms with van der Waals surface area (Å²) in [5.41, 5.74) is 1.82. The fourth-order valence-corrected chi connectivity index (χ4v) is 5.39. The Balaban J connectivity index is 1.49. The second-order valence-corrected chi connectivity index (χ2v) is 8.28. The van der Waals surface area contributed by atoms with Crippen molar-refractivity contribution in [2.45, 2.75) is 50.5 Å². The Labute approximate surface area is 146 Å². The molecule has 0 bridgehead atoms. The number of likely N-dealkylation sites (N-methyl/N-ethyl adjacent to an activating group) is 1. The molecular formula is C18H24N2O3S. The van der Waals surface area contributed by atoms with E-state index in [2.05, 4.69) is 5.38 Å². The number of likely N-dealkylation sites (tertiary alicyclic amines) is 1. The number of ether oxygens (including phenoxy) is 1. The zero-order chi connectivity index (χ0) is 16.7. The molecule has 5 nitrogen and oxygen atoms in total. The highest BCUT2D eigenvalue weighted by Crippen LogP contribution is 2.34. The molecule has 2 fully saturated rings. The van der Waals surface area contributed by atoms with E-state index in [9.17, 15) is 9.59 Å². The Hall–Kier alpha value is -1.56. The van der Waals surface area contributed by atoms with Crippen LogP contribution in [0.4, 0.5) is 4.79 Å². The minimum absolute atomic E-state index is 0.170. The highest BCUT2D eigenvalue weighted by atomic mass is 32.1. The van der Waals surface area contributed by atoms with Gasteiger partial charge in [-0.05, 0) is 44.1 Å². The molecule has 6 heteroatoms. The SMILES string of the molecule is CN1C[C@@]2(CCCN(C(=O)c3csc4c3CCCC4)CC2)OC1=O. The second-order valence-electron chi connectivity index (χ2n) is 7.31. The lowest BCUT2D eigenvalue weighted by atomic mass is 9.95. The van der Waals surface area contributed by atoms with Gasteiger partial charge in [-0.3, -0.25) is 4.79 Å². The number of hydrogen-bond acceptors (Lipinski definition) is 4. The van der Waals surface area contributed by atoms with Crippen LogP contribution in [0.3, 0.4) is 0 Å². The lowest BCUT2D eigenvalue weighted by Crippen LogP contribution is -2.37. The van der Waals surface area contributed by atoms with E-state index >= 15 is 0 Å². The fourth-order valence-electron chi connectivity index (χ4n) is 4.27. The van der Waals surface area contributed by atoms with Crippen LogP contribution in [0.25, 0.3) is 0 Å². The van der Waals surface area contributed by atoms with E-state index in [-0.39, 0.29) is 12.0 Å². The van der Waals surface area contributed by atoms with Crippen LogP contribution in [-0.4, -0.2) is 54.1 Å². The molecule has 3 heterocycles. The molecule has 0 N–H and O–H groups in total. The Kier molecular flexibility index (Phi) is 4.03. The van der Waals surface area contributed by atoms with Gasteiger partial charge in [-0.15, -0.1) is 11.3 Å². The normalized spacial score (nSPS) is 27.1. The first-order valence-electron chi connectivity index (χ1n) is 8.91. The van der Waals surface area contributed by atoms with Crippen LogP contribution in [-0.2, 0) is 17.6 Å². The Morgan fingerprint density at radius 1 is 1.21 bits per heavy atom. The van der Waals surface area contributed by atoms with E-state index in [0.717, 1.165) is 44.2 Å². The number of carbonyl (C=O) groups excluding carboxylic acids is 2. The standard InChI is InChI=1S/C18H24N2O3S/c1-19-12-18(23-17(19)22)7-4-9-20(10-8-18)16(21)14-11-24-15-6-3-2-5-13(14)15/h11H,2-10,12H2,1H3/t18-/m0/s1. The van der Waals surface area contributed by atoms with Crippen LogP contribution in [0, 0.1) is 0 Å². The molecule has 130 valence electrons. The van der Waals surface area contributed by atoms with Crippen molar-refractivity contribution in [3.63, 3.8) is 0 Å². The van der Waals surface area contributed by atoms with Crippen molar-refractivity contribution < 1.29 is 14.3 Å². The van der Waals surface area contributed by atoms with Crippen molar-refractivity contribution in [1.82, 2.24) is 9.80 Å². The second kappa shape index (κ2) is 6.06. The summed E-state index contributed by atoms with van der Waals surface area (Å²) in [6.07, 6.45) is 6.83. The number of rotatable bonds is 1. The molecule has 1 aromatic rings. The third kappa shape index (κ3) is 2.70. The van der Waals surface area contributed by atoms with Crippen LogP contribution >= 0.6 is 11.3 Å². The zero-order valence-corrected chi connectivity index (χ0v) is 15.0. The average molecular weight is 348 g/mol. The smallest absolute Gasteiger partial charge is 0.410 e. The molecule has 1 spiro atoms. The molecule has 2 amide bonds. The van der Waals surface area contributed by atoms with Gasteiger partial charge in [-0.1, -0.05) is 0 Å². The summed E-state index contributed by atoms with van der Waals surface area (Å²) in [6.45, 7) is 2.07. The van der Waals surface area contributed by atoms with Gasteiger partial charge in [0.2, 0.25) is 0 Å². The predicted octanol–water partition coefficient (Wildman–Crippen LogP) is 3.07. The summed E-state index contributed by atoms with van der Waals surface area (Å²) in [5, 5.41) is 2.06. The first-order valence-corrected chi connectivity index (χ1v) is 9.79. The minimum atomic E-state index is -0.394. The molecule has 2 saturated heterocycles. The highest BCUT2D eigenvalue weighted by molar-refractivity contribution is 7.10. The number of fused-ring (bicyclic) bond motifs is 1. The number of nitrogens with zero attached hydrogens (tertiary/aromatic N) is 2. The molecule has 1 aliphatic carbocycles. The van der Waals surface area contributed by atoms with Crippen molar-refractivity contribution in [1.29, 1.82) is 0 Å². The number of hydrogen-bond donors (Lipinski definition) is 0. The van der Waals surface area contributed by atoms with Crippen molar-refractivity contribution in [2.24, 2.45) is 0 Å². The summed E-state index contributed by atoms with van der Waals surface area (Å²) in [4.78, 5) is 29.8. The molecule has 2 aliphatic heterocycles. The average Bonchev–Trinajstić information content (AvgIpc) is 3.04. The summed E-state index contributed by atoms with van der Waals surface area (Å²) in [5.74, 6) is 0.170. The van der Waals surface area contributed by atoms with Gasteiger partial charge >= 0.3 is 6.09 Å². The molecule has 0 unspecified atom stereocenters. The Morgan fingerprint density at radius 2 is 2.04 bits per heavy atom. The monoisotopic (exact) mass is 348 g/mol. The molecule has 3 aliphatic rings. The molecule has 0 aromatic carbocycles. The van der Waals surface area contributed by atoms with E-state index in [1.807, 2.05) is 4.90 Å². The van der Waals surface area contributed by atoms with Crippen LogP contribution in [0.5, 0.6) is 0 Å². The number of amides is 2. The lowest BCUT2D eigenvalue weighted by Gasteiger charge is -2.25. The molecular weight excluding hydrogens is 324 g/mol. The largest absolute Gasteiger partial charge is 0.441 e. The van der Waals surface area contributed by atoms with Gasteiger partial charge in [-0.25, -0.2) is 4.79 Å². The summed E-state index contributed by atoms with van der Waals surface area (Å²) in [6, 6.07) is 0. The van der Waals surface area contributed by atoms with Gasteiger partial charge in [0, 0.05) is 36.8 Å². The first-order chi connectivity index (χ1) is 11.6. The third-order valence-corrected chi connectivity index (χ3v) is 6.71. The molecule has 4 rings (SSSR count). The van der Waals surface area contributed by atoms with Crippen molar-refractivity contribution in [3.05, 3.63) is 21.4 Å². The topological polar surface area (TPSA) is 49.9 Å². The van der Waals surface area contributed by atoms with Crippen LogP contribution in [0.2, 0.25) is 0 Å². The van der Waals surface area contributed by atoms with Gasteiger partial charge in [-0.2, -0.15) is 0 Å². The maximum atomic E-state index is 13.0. The van der Waals surface area contributed by atoms with Gasteiger partial charge in [0.05, 0.1) is 12.1 Å². The van der Waals surface area contributed by atoms with Gasteiger partial charge in [0.25, 0.3) is 5.91 Å². The van der Waals surface area contributed by atoms with Gasteiger partial charge in [0.1, 0.15) is 5.60 Å². The Bertz CT molecular complexity index is 671.